The fourth-order valence-electron chi connectivity index (χ4n) is 4.86. The Hall–Kier alpha value is -2.44. The number of rotatable bonds is 6. The zero-order valence-electron chi connectivity index (χ0n) is 23.2. The van der Waals surface area contributed by atoms with Crippen molar-refractivity contribution in [2.24, 2.45) is 0 Å². The summed E-state index contributed by atoms with van der Waals surface area (Å²) < 4.78 is 19.6. The average Bonchev–Trinajstić information content (AvgIpc) is 2.79. The molecule has 0 spiro atoms. The minimum atomic E-state index is -0.231. The first-order valence-corrected chi connectivity index (χ1v) is 12.9. The van der Waals surface area contributed by atoms with Crippen LogP contribution < -0.4 is 4.74 Å². The highest BCUT2D eigenvalue weighted by Gasteiger charge is 2.33. The highest BCUT2D eigenvalue weighted by Crippen LogP contribution is 2.41. The smallest absolute Gasteiger partial charge is 0.260 e. The molecule has 0 aromatic heterocycles. The van der Waals surface area contributed by atoms with Gasteiger partial charge in [-0.05, 0) is 60.1 Å². The van der Waals surface area contributed by atoms with Gasteiger partial charge in [-0.25, -0.2) is 4.39 Å². The lowest BCUT2D eigenvalue weighted by atomic mass is 9.78. The van der Waals surface area contributed by atoms with E-state index in [-0.39, 0.29) is 47.9 Å². The number of aliphatic hydroxyl groups is 1. The number of benzene rings is 2. The molecule has 1 N–H and O–H groups in total. The SMILES string of the molecule is CC1CN(C(=O)COc2c(C(C)(C)C)cc(CO)cc2C(C)(C)C)C(C)CN1Cc1ccc(F)cc1. The summed E-state index contributed by atoms with van der Waals surface area (Å²) in [6.07, 6.45) is 0. The van der Waals surface area contributed by atoms with Crippen molar-refractivity contribution >= 4 is 5.91 Å². The van der Waals surface area contributed by atoms with Crippen molar-refractivity contribution in [2.75, 3.05) is 19.7 Å². The van der Waals surface area contributed by atoms with Gasteiger partial charge < -0.3 is 14.7 Å². The van der Waals surface area contributed by atoms with Crippen LogP contribution in [0.15, 0.2) is 36.4 Å². The van der Waals surface area contributed by atoms with E-state index in [2.05, 4.69) is 60.3 Å². The highest BCUT2D eigenvalue weighted by atomic mass is 19.1. The number of carbonyl (C=O) groups is 1. The molecule has 0 aliphatic carbocycles. The number of hydrogen-bond donors (Lipinski definition) is 1. The molecule has 5 nitrogen and oxygen atoms in total. The molecule has 6 heteroatoms. The zero-order chi connectivity index (χ0) is 26.8. The zero-order valence-corrected chi connectivity index (χ0v) is 23.2. The summed E-state index contributed by atoms with van der Waals surface area (Å²) in [6, 6.07) is 10.8. The van der Waals surface area contributed by atoms with Crippen molar-refractivity contribution in [3.8, 4) is 5.75 Å². The summed E-state index contributed by atoms with van der Waals surface area (Å²) in [5.74, 6) is 0.490. The molecule has 3 rings (SSSR count). The van der Waals surface area contributed by atoms with Crippen LogP contribution in [-0.2, 0) is 28.8 Å². The van der Waals surface area contributed by atoms with Gasteiger partial charge in [0.15, 0.2) is 6.61 Å². The van der Waals surface area contributed by atoms with Gasteiger partial charge >= 0.3 is 0 Å². The maximum Gasteiger partial charge on any atom is 0.260 e. The summed E-state index contributed by atoms with van der Waals surface area (Å²) in [6.45, 7) is 18.9. The number of nitrogens with zero attached hydrogens (tertiary/aromatic N) is 2. The first kappa shape index (κ1) is 28.1. The second kappa shape index (κ2) is 10.9. The third-order valence-corrected chi connectivity index (χ3v) is 7.02. The summed E-state index contributed by atoms with van der Waals surface area (Å²) in [4.78, 5) is 17.6. The van der Waals surface area contributed by atoms with Crippen LogP contribution in [0.25, 0.3) is 0 Å². The Morgan fingerprint density at radius 3 is 2.00 bits per heavy atom. The van der Waals surface area contributed by atoms with Gasteiger partial charge in [0.05, 0.1) is 6.61 Å². The molecule has 1 amide bonds. The van der Waals surface area contributed by atoms with E-state index in [1.165, 1.54) is 12.1 Å². The number of piperazine rings is 1. The maximum atomic E-state index is 13.4. The standard InChI is InChI=1S/C30H43FN2O3/c1-20-16-33(21(2)15-32(20)17-22-9-11-24(31)12-10-22)27(35)19-36-28-25(29(3,4)5)13-23(18-34)14-26(28)30(6,7)8/h9-14,20-21,34H,15-19H2,1-8H3. The minimum absolute atomic E-state index is 0.0262. The van der Waals surface area contributed by atoms with Gasteiger partial charge in [-0.3, -0.25) is 9.69 Å². The van der Waals surface area contributed by atoms with E-state index in [1.807, 2.05) is 29.2 Å². The van der Waals surface area contributed by atoms with Crippen molar-refractivity contribution < 1.29 is 19.0 Å². The van der Waals surface area contributed by atoms with E-state index in [4.69, 9.17) is 4.74 Å². The average molecular weight is 499 g/mol. The molecule has 1 heterocycles. The Bertz CT molecular complexity index is 1020. The third-order valence-electron chi connectivity index (χ3n) is 7.02. The third kappa shape index (κ3) is 6.65. The van der Waals surface area contributed by atoms with Gasteiger partial charge in [0.2, 0.25) is 0 Å². The molecule has 1 fully saturated rings. The quantitative estimate of drug-likeness (QED) is 0.578. The molecule has 0 saturated carbocycles. The molecule has 0 radical (unpaired) electrons. The number of amides is 1. The van der Waals surface area contributed by atoms with Gasteiger partial charge in [0.25, 0.3) is 5.91 Å². The van der Waals surface area contributed by atoms with Crippen LogP contribution in [0.4, 0.5) is 4.39 Å². The van der Waals surface area contributed by atoms with E-state index < -0.39 is 0 Å². The van der Waals surface area contributed by atoms with Gasteiger partial charge in [0.1, 0.15) is 11.6 Å². The van der Waals surface area contributed by atoms with Gasteiger partial charge in [-0.15, -0.1) is 0 Å². The van der Waals surface area contributed by atoms with Crippen LogP contribution in [0.3, 0.4) is 0 Å². The molecule has 2 unspecified atom stereocenters. The molecular weight excluding hydrogens is 455 g/mol. The molecule has 1 aliphatic heterocycles. The predicted molar refractivity (Wildman–Crippen MR) is 143 cm³/mol. The van der Waals surface area contributed by atoms with Crippen LogP contribution >= 0.6 is 0 Å². The lowest BCUT2D eigenvalue weighted by Gasteiger charge is -2.44. The van der Waals surface area contributed by atoms with Crippen molar-refractivity contribution in [3.63, 3.8) is 0 Å². The van der Waals surface area contributed by atoms with Crippen LogP contribution in [0.1, 0.15) is 77.6 Å². The number of carbonyl (C=O) groups excluding carboxylic acids is 1. The molecule has 1 aliphatic rings. The van der Waals surface area contributed by atoms with E-state index in [9.17, 15) is 14.3 Å². The van der Waals surface area contributed by atoms with E-state index in [1.54, 1.807) is 0 Å². The van der Waals surface area contributed by atoms with Gasteiger partial charge in [-0.2, -0.15) is 0 Å². The molecular formula is C30H43FN2O3. The van der Waals surface area contributed by atoms with Gasteiger partial charge in [0, 0.05) is 42.8 Å². The normalized spacial score (nSPS) is 19.4. The van der Waals surface area contributed by atoms with Crippen molar-refractivity contribution in [3.05, 3.63) is 64.5 Å². The second-order valence-electron chi connectivity index (χ2n) is 12.3. The molecule has 0 bridgehead atoms. The van der Waals surface area contributed by atoms with E-state index >= 15 is 0 Å². The lowest BCUT2D eigenvalue weighted by molar-refractivity contribution is -0.139. The molecule has 2 aromatic rings. The van der Waals surface area contributed by atoms with Crippen molar-refractivity contribution in [1.82, 2.24) is 9.80 Å². The first-order chi connectivity index (χ1) is 16.7. The number of halogens is 1. The Kier molecular flexibility index (Phi) is 8.51. The molecule has 2 aromatic carbocycles. The predicted octanol–water partition coefficient (Wildman–Crippen LogP) is 5.41. The van der Waals surface area contributed by atoms with Crippen LogP contribution in [-0.4, -0.2) is 52.6 Å². The number of ether oxygens (including phenoxy) is 1. The van der Waals surface area contributed by atoms with Crippen LogP contribution in [0.2, 0.25) is 0 Å². The summed E-state index contributed by atoms with van der Waals surface area (Å²) in [5, 5.41) is 9.86. The van der Waals surface area contributed by atoms with Crippen molar-refractivity contribution in [1.29, 1.82) is 0 Å². The summed E-state index contributed by atoms with van der Waals surface area (Å²) in [5.41, 5.74) is 3.49. The van der Waals surface area contributed by atoms with Gasteiger partial charge in [-0.1, -0.05) is 53.7 Å². The lowest BCUT2D eigenvalue weighted by Crippen LogP contribution is -2.58. The molecule has 2 atom stereocenters. The Balaban J connectivity index is 1.76. The Labute approximate surface area is 216 Å². The maximum absolute atomic E-state index is 13.4. The summed E-state index contributed by atoms with van der Waals surface area (Å²) >= 11 is 0. The topological polar surface area (TPSA) is 53.0 Å². The number of aliphatic hydroxyl groups excluding tert-OH is 1. The van der Waals surface area contributed by atoms with Crippen LogP contribution in [0, 0.1) is 5.82 Å². The van der Waals surface area contributed by atoms with E-state index in [0.717, 1.165) is 41.1 Å². The second-order valence-corrected chi connectivity index (χ2v) is 12.3. The Morgan fingerprint density at radius 2 is 1.50 bits per heavy atom. The largest absolute Gasteiger partial charge is 0.483 e. The molecule has 36 heavy (non-hydrogen) atoms. The van der Waals surface area contributed by atoms with E-state index in [0.29, 0.717) is 6.54 Å². The van der Waals surface area contributed by atoms with Crippen LogP contribution in [0.5, 0.6) is 5.75 Å². The fraction of sp³-hybridized carbons (Fsp3) is 0.567. The highest BCUT2D eigenvalue weighted by molar-refractivity contribution is 5.78. The molecule has 1 saturated heterocycles. The fourth-order valence-corrected chi connectivity index (χ4v) is 4.86. The monoisotopic (exact) mass is 498 g/mol. The Morgan fingerprint density at radius 1 is 0.944 bits per heavy atom. The number of hydrogen-bond acceptors (Lipinski definition) is 4. The molecule has 198 valence electrons. The summed E-state index contributed by atoms with van der Waals surface area (Å²) in [7, 11) is 0. The van der Waals surface area contributed by atoms with Crippen molar-refractivity contribution in [2.45, 2.75) is 91.5 Å². The first-order valence-electron chi connectivity index (χ1n) is 12.9. The minimum Gasteiger partial charge on any atom is -0.483 e.